The second-order valence-electron chi connectivity index (χ2n) is 0.378. The van der Waals surface area contributed by atoms with Crippen LogP contribution in [0.5, 0.6) is 0 Å². The molecule has 0 spiro atoms. The van der Waals surface area contributed by atoms with E-state index in [0.717, 1.165) is 0 Å². The van der Waals surface area contributed by atoms with Gasteiger partial charge in [-0.1, -0.05) is 0 Å². The molecule has 0 heterocycles. The Bertz CT molecular complexity index is 104. The molecule has 0 aliphatic rings. The zero-order valence-electron chi connectivity index (χ0n) is 4.16. The third kappa shape index (κ3) is 210. The fraction of sp³-hybridized carbons (Fsp3) is 0. The van der Waals surface area contributed by atoms with Gasteiger partial charge in [-0.15, -0.1) is 0 Å². The molecular formula is CCoLiMnNiO4+7. The number of rotatable bonds is 0. The SMILES string of the molecule is [C+4].[Co+2].[Li+].[Ni+2].[O]=[Mn](=[O])([O-])[O-]. The van der Waals surface area contributed by atoms with Gasteiger partial charge in [0.15, 0.2) is 0 Å². The van der Waals surface area contributed by atoms with E-state index in [1.807, 2.05) is 0 Å². The molecule has 0 aliphatic carbocycles. The Balaban J connectivity index is -0.0000000133. The standard InChI is InChI=1S/C.Co.Li.Mn.Ni.4O/q+4;+2;+1;;+2;;;2*-1. The molecule has 1 radical (unpaired) electrons. The first-order chi connectivity index (χ1) is 2.00. The summed E-state index contributed by atoms with van der Waals surface area (Å²) >= 11 is -5.62. The van der Waals surface area contributed by atoms with Crippen LogP contribution in [0, 0.1) is 7.43 Å². The van der Waals surface area contributed by atoms with E-state index in [4.69, 9.17) is 16.0 Å². The van der Waals surface area contributed by atoms with E-state index in [0.29, 0.717) is 0 Å². The minimum atomic E-state index is -5.62. The Kier molecular flexibility index (Phi) is 42.6. The van der Waals surface area contributed by atoms with E-state index < -0.39 is 13.4 Å². The molecule has 0 saturated heterocycles. The van der Waals surface area contributed by atoms with Crippen molar-refractivity contribution in [3.63, 3.8) is 0 Å². The van der Waals surface area contributed by atoms with Crippen molar-refractivity contribution in [3.8, 4) is 0 Å². The summed E-state index contributed by atoms with van der Waals surface area (Å²) in [5, 5.41) is 0. The molecule has 0 amide bonds. The quantitative estimate of drug-likeness (QED) is 0.404. The molecule has 8 heteroatoms. The van der Waals surface area contributed by atoms with Crippen LogP contribution in [0.4, 0.5) is 0 Å². The van der Waals surface area contributed by atoms with Crippen molar-refractivity contribution in [1.82, 2.24) is 0 Å². The molecule has 48 valence electrons. The van der Waals surface area contributed by atoms with Crippen LogP contribution >= 0.6 is 0 Å². The van der Waals surface area contributed by atoms with Gasteiger partial charge in [0.2, 0.25) is 0 Å². The van der Waals surface area contributed by atoms with Crippen molar-refractivity contribution in [3.05, 3.63) is 7.43 Å². The van der Waals surface area contributed by atoms with Crippen LogP contribution in [0.15, 0.2) is 0 Å². The molecule has 0 N–H and O–H groups in total. The second kappa shape index (κ2) is 12.3. The van der Waals surface area contributed by atoms with Gasteiger partial charge in [0, 0.05) is 0 Å². The van der Waals surface area contributed by atoms with Crippen molar-refractivity contribution >= 4 is 0 Å². The normalized spacial score (nSPS) is 6.44. The summed E-state index contributed by atoms with van der Waals surface area (Å²) in [7, 11) is 0. The third-order valence-corrected chi connectivity index (χ3v) is 0. The average molecular weight is 256 g/mol. The van der Waals surface area contributed by atoms with Gasteiger partial charge in [0.1, 0.15) is 0 Å². The Hall–Kier alpha value is 1.64. The first kappa shape index (κ1) is 31.1. The molecule has 0 rings (SSSR count). The van der Waals surface area contributed by atoms with Gasteiger partial charge >= 0.3 is 89.0 Å². The summed E-state index contributed by atoms with van der Waals surface area (Å²) in [4.78, 5) is 0. The van der Waals surface area contributed by atoms with Crippen LogP contribution in [0.3, 0.4) is 0 Å². The molecular weight excluding hydrogens is 256 g/mol. The number of hydrogen-bond acceptors (Lipinski definition) is 4. The zero-order valence-corrected chi connectivity index (χ0v) is 7.37. The molecule has 0 aromatic carbocycles. The summed E-state index contributed by atoms with van der Waals surface area (Å²) in [5.41, 5.74) is 0. The third-order valence-electron chi connectivity index (χ3n) is 0. The van der Waals surface area contributed by atoms with Crippen molar-refractivity contribution in [2.24, 2.45) is 0 Å². The van der Waals surface area contributed by atoms with Gasteiger partial charge in [-0.05, 0) is 0 Å². The van der Waals surface area contributed by atoms with Gasteiger partial charge in [-0.25, -0.2) is 0 Å². The van der Waals surface area contributed by atoms with Gasteiger partial charge in [-0.3, -0.25) is 0 Å². The van der Waals surface area contributed by atoms with Crippen LogP contribution in [0.1, 0.15) is 0 Å². The number of hydrogen-bond donors (Lipinski definition) is 0. The summed E-state index contributed by atoms with van der Waals surface area (Å²) in [6.07, 6.45) is 0. The van der Waals surface area contributed by atoms with Crippen molar-refractivity contribution < 1.29 is 81.5 Å². The maximum atomic E-state index is 8.58. The van der Waals surface area contributed by atoms with Crippen LogP contribution in [0.25, 0.3) is 0 Å². The second-order valence-corrected chi connectivity index (χ2v) is 1.56. The van der Waals surface area contributed by atoms with E-state index in [1.165, 1.54) is 0 Å². The molecule has 0 bridgehead atoms. The molecule has 4 nitrogen and oxygen atoms in total. The van der Waals surface area contributed by atoms with Crippen molar-refractivity contribution in [1.29, 1.82) is 0 Å². The molecule has 0 fully saturated rings. The van der Waals surface area contributed by atoms with Gasteiger partial charge in [-0.2, -0.15) is 0 Å². The van der Waals surface area contributed by atoms with Gasteiger partial charge in [0.05, 0.1) is 0 Å². The Labute approximate surface area is 88.4 Å². The van der Waals surface area contributed by atoms with E-state index in [-0.39, 0.29) is 59.6 Å². The van der Waals surface area contributed by atoms with Crippen molar-refractivity contribution in [2.75, 3.05) is 0 Å². The molecule has 0 aromatic rings. The fourth-order valence-corrected chi connectivity index (χ4v) is 0. The monoisotopic (exact) mass is 255 g/mol. The Morgan fingerprint density at radius 1 is 1.11 bits per heavy atom. The molecule has 0 aliphatic heterocycles. The Morgan fingerprint density at radius 3 is 1.11 bits per heavy atom. The summed E-state index contributed by atoms with van der Waals surface area (Å²) < 4.78 is 34.3. The van der Waals surface area contributed by atoms with Gasteiger partial charge < -0.3 is 0 Å². The summed E-state index contributed by atoms with van der Waals surface area (Å²) in [5.74, 6) is 0. The predicted octanol–water partition coefficient (Wildman–Crippen LogP) is -5.54. The van der Waals surface area contributed by atoms with Gasteiger partial charge in [0.25, 0.3) is 0 Å². The summed E-state index contributed by atoms with van der Waals surface area (Å²) in [6.45, 7) is 0. The molecule has 0 aromatic heterocycles. The predicted molar refractivity (Wildman–Crippen MR) is 4.62 cm³/mol. The van der Waals surface area contributed by atoms with E-state index in [9.17, 15) is 0 Å². The molecule has 0 saturated carbocycles. The van der Waals surface area contributed by atoms with Crippen LogP contribution in [-0.4, -0.2) is 0 Å². The van der Waals surface area contributed by atoms with Crippen LogP contribution in [-0.2, 0) is 54.3 Å². The fourth-order valence-electron chi connectivity index (χ4n) is 0. The topological polar surface area (TPSA) is 80.3 Å². The first-order valence-electron chi connectivity index (χ1n) is 0.617. The molecule has 0 unspecified atom stereocenters. The van der Waals surface area contributed by atoms with Crippen LogP contribution < -0.4 is 27.2 Å². The van der Waals surface area contributed by atoms with Crippen molar-refractivity contribution in [2.45, 2.75) is 0 Å². The summed E-state index contributed by atoms with van der Waals surface area (Å²) in [6, 6.07) is 0. The van der Waals surface area contributed by atoms with E-state index in [2.05, 4.69) is 0 Å². The van der Waals surface area contributed by atoms with Crippen LogP contribution in [0.2, 0.25) is 0 Å². The molecule has 0 atom stereocenters. The molecule has 9 heavy (non-hydrogen) atoms. The maximum absolute atomic E-state index is 8.58. The van der Waals surface area contributed by atoms with E-state index in [1.54, 1.807) is 0 Å². The van der Waals surface area contributed by atoms with E-state index >= 15 is 0 Å². The zero-order chi connectivity index (χ0) is 4.50. The Morgan fingerprint density at radius 2 is 1.11 bits per heavy atom. The minimum absolute atomic E-state index is 0. The first-order valence-corrected chi connectivity index (χ1v) is 2.54. The average Bonchev–Trinajstić information content (AvgIpc) is 0.722.